The third-order valence-corrected chi connectivity index (χ3v) is 3.70. The lowest BCUT2D eigenvalue weighted by Gasteiger charge is -1.93. The van der Waals surface area contributed by atoms with Gasteiger partial charge in [-0.1, -0.05) is 68.4 Å². The van der Waals surface area contributed by atoms with Gasteiger partial charge in [0.2, 0.25) is 0 Å². The summed E-state index contributed by atoms with van der Waals surface area (Å²) in [6.07, 6.45) is 30.3. The Morgan fingerprint density at radius 3 is 1.58 bits per heavy atom. The molecule has 0 spiro atoms. The Morgan fingerprint density at radius 1 is 0.667 bits per heavy atom. The van der Waals surface area contributed by atoms with Gasteiger partial charge in [0.05, 0.1) is 0 Å². The second-order valence-electron chi connectivity index (χ2n) is 6.07. The Kier molecular flexibility index (Phi) is 18.2. The summed E-state index contributed by atoms with van der Waals surface area (Å²) in [6.45, 7) is 2.24. The first-order valence-electron chi connectivity index (χ1n) is 9.59. The Morgan fingerprint density at radius 2 is 1.08 bits per heavy atom. The van der Waals surface area contributed by atoms with Crippen molar-refractivity contribution in [3.8, 4) is 0 Å². The summed E-state index contributed by atoms with van der Waals surface area (Å²) in [5, 5.41) is 8.51. The molecule has 24 heavy (non-hydrogen) atoms. The van der Waals surface area contributed by atoms with Gasteiger partial charge in [0.1, 0.15) is 0 Å². The predicted molar refractivity (Wildman–Crippen MR) is 105 cm³/mol. The van der Waals surface area contributed by atoms with Crippen molar-refractivity contribution < 1.29 is 9.90 Å². The number of carbonyl (C=O) groups is 1. The van der Waals surface area contributed by atoms with E-state index in [4.69, 9.17) is 5.11 Å². The number of aliphatic carboxylic acids is 1. The van der Waals surface area contributed by atoms with Crippen molar-refractivity contribution in [3.63, 3.8) is 0 Å². The lowest BCUT2D eigenvalue weighted by atomic mass is 10.1. The molecule has 0 fully saturated rings. The summed E-state index contributed by atoms with van der Waals surface area (Å²) in [6, 6.07) is 0. The quantitative estimate of drug-likeness (QED) is 0.244. The Bertz CT molecular complexity index is 389. The van der Waals surface area contributed by atoms with E-state index < -0.39 is 5.97 Å². The topological polar surface area (TPSA) is 37.3 Å². The number of hydrogen-bond acceptors (Lipinski definition) is 1. The molecule has 0 bridgehead atoms. The average Bonchev–Trinajstić information content (AvgIpc) is 2.56. The first-order chi connectivity index (χ1) is 11.8. The highest BCUT2D eigenvalue weighted by molar-refractivity contribution is 5.66. The van der Waals surface area contributed by atoms with E-state index >= 15 is 0 Å². The number of carboxylic acids is 1. The first-order valence-corrected chi connectivity index (χ1v) is 9.59. The molecular weight excluding hydrogens is 296 g/mol. The van der Waals surface area contributed by atoms with Crippen molar-refractivity contribution >= 4 is 5.97 Å². The van der Waals surface area contributed by atoms with Gasteiger partial charge in [-0.15, -0.1) is 0 Å². The molecule has 0 aliphatic carbocycles. The fraction of sp³-hybridized carbons (Fsp3) is 0.591. The van der Waals surface area contributed by atoms with E-state index in [-0.39, 0.29) is 6.42 Å². The Balaban J connectivity index is 3.34. The minimum absolute atomic E-state index is 0.238. The van der Waals surface area contributed by atoms with Gasteiger partial charge in [-0.25, -0.2) is 0 Å². The van der Waals surface area contributed by atoms with Crippen LogP contribution in [0.5, 0.6) is 0 Å². The SMILES string of the molecule is CCCCCC=CCC=CCC=CCCCCC=CCCC(=O)O. The van der Waals surface area contributed by atoms with Crippen LogP contribution in [0.1, 0.15) is 84.0 Å². The molecule has 0 saturated heterocycles. The van der Waals surface area contributed by atoms with Crippen molar-refractivity contribution in [1.29, 1.82) is 0 Å². The molecule has 1 N–H and O–H groups in total. The van der Waals surface area contributed by atoms with Crippen LogP contribution >= 0.6 is 0 Å². The summed E-state index contributed by atoms with van der Waals surface area (Å²) in [5.74, 6) is -0.721. The van der Waals surface area contributed by atoms with Gasteiger partial charge >= 0.3 is 5.97 Å². The van der Waals surface area contributed by atoms with Gasteiger partial charge in [-0.3, -0.25) is 4.79 Å². The molecule has 0 rings (SSSR count). The van der Waals surface area contributed by atoms with Gasteiger partial charge in [0.25, 0.3) is 0 Å². The zero-order valence-electron chi connectivity index (χ0n) is 15.5. The molecule has 0 aliphatic heterocycles. The van der Waals surface area contributed by atoms with Crippen molar-refractivity contribution in [2.75, 3.05) is 0 Å². The van der Waals surface area contributed by atoms with Crippen LogP contribution in [0.3, 0.4) is 0 Å². The smallest absolute Gasteiger partial charge is 0.303 e. The van der Waals surface area contributed by atoms with Crippen LogP contribution in [0.2, 0.25) is 0 Å². The van der Waals surface area contributed by atoms with E-state index in [0.717, 1.165) is 25.7 Å². The number of unbranched alkanes of at least 4 members (excludes halogenated alkanes) is 6. The molecule has 0 radical (unpaired) electrons. The van der Waals surface area contributed by atoms with E-state index in [1.165, 1.54) is 38.5 Å². The predicted octanol–water partition coefficient (Wildman–Crippen LogP) is 7.00. The monoisotopic (exact) mass is 332 g/mol. The van der Waals surface area contributed by atoms with Crippen LogP contribution in [0, 0.1) is 0 Å². The average molecular weight is 333 g/mol. The number of hydrogen-bond donors (Lipinski definition) is 1. The Labute approximate surface area is 149 Å². The van der Waals surface area contributed by atoms with Gasteiger partial charge in [-0.2, -0.15) is 0 Å². The second-order valence-corrected chi connectivity index (χ2v) is 6.07. The molecule has 0 aromatic carbocycles. The second kappa shape index (κ2) is 19.5. The minimum atomic E-state index is -0.721. The largest absolute Gasteiger partial charge is 0.481 e. The van der Waals surface area contributed by atoms with Crippen LogP contribution in [-0.4, -0.2) is 11.1 Å². The molecule has 0 atom stereocenters. The van der Waals surface area contributed by atoms with Crippen LogP contribution in [0.4, 0.5) is 0 Å². The Hall–Kier alpha value is -1.57. The standard InChI is InChI=1S/C22H36O2/c1-2-3-4-5-6-7-8-9-10-11-12-13-14-15-16-17-18-19-20-21-22(23)24/h6-7,9-10,12-13,18-19H,2-5,8,11,14-17,20-21H2,1H3,(H,23,24). The number of allylic oxidation sites excluding steroid dienone is 8. The van der Waals surface area contributed by atoms with Gasteiger partial charge in [-0.05, 0) is 57.8 Å². The molecule has 0 aromatic heterocycles. The summed E-state index contributed by atoms with van der Waals surface area (Å²) >= 11 is 0. The van der Waals surface area contributed by atoms with Gasteiger partial charge in [0, 0.05) is 6.42 Å². The number of carboxylic acid groups (broad SMARTS) is 1. The maximum Gasteiger partial charge on any atom is 0.303 e. The molecule has 0 aromatic rings. The zero-order chi connectivity index (χ0) is 17.7. The lowest BCUT2D eigenvalue weighted by molar-refractivity contribution is -0.136. The van der Waals surface area contributed by atoms with Crippen molar-refractivity contribution in [2.24, 2.45) is 0 Å². The minimum Gasteiger partial charge on any atom is -0.481 e. The van der Waals surface area contributed by atoms with Crippen LogP contribution in [0.15, 0.2) is 48.6 Å². The summed E-state index contributed by atoms with van der Waals surface area (Å²) in [4.78, 5) is 10.3. The van der Waals surface area contributed by atoms with Crippen LogP contribution in [-0.2, 0) is 4.79 Å². The zero-order valence-corrected chi connectivity index (χ0v) is 15.5. The molecule has 0 amide bonds. The van der Waals surface area contributed by atoms with Crippen LogP contribution < -0.4 is 0 Å². The van der Waals surface area contributed by atoms with Crippen molar-refractivity contribution in [2.45, 2.75) is 84.0 Å². The van der Waals surface area contributed by atoms with Crippen molar-refractivity contribution in [3.05, 3.63) is 48.6 Å². The molecular formula is C22H36O2. The molecule has 2 heteroatoms. The molecule has 136 valence electrons. The maximum atomic E-state index is 10.3. The molecule has 0 aliphatic rings. The molecule has 0 unspecified atom stereocenters. The lowest BCUT2D eigenvalue weighted by Crippen LogP contribution is -1.91. The van der Waals surface area contributed by atoms with E-state index in [1.807, 2.05) is 6.08 Å². The molecule has 0 saturated carbocycles. The van der Waals surface area contributed by atoms with Crippen molar-refractivity contribution in [1.82, 2.24) is 0 Å². The summed E-state index contributed by atoms with van der Waals surface area (Å²) < 4.78 is 0. The number of rotatable bonds is 16. The summed E-state index contributed by atoms with van der Waals surface area (Å²) in [7, 11) is 0. The molecule has 2 nitrogen and oxygen atoms in total. The van der Waals surface area contributed by atoms with E-state index in [1.54, 1.807) is 0 Å². The third kappa shape index (κ3) is 20.4. The van der Waals surface area contributed by atoms with E-state index in [2.05, 4.69) is 49.5 Å². The fourth-order valence-electron chi connectivity index (χ4n) is 2.26. The maximum absolute atomic E-state index is 10.3. The fourth-order valence-corrected chi connectivity index (χ4v) is 2.26. The highest BCUT2D eigenvalue weighted by Crippen LogP contribution is 2.04. The first kappa shape index (κ1) is 22.4. The highest BCUT2D eigenvalue weighted by Gasteiger charge is 1.91. The van der Waals surface area contributed by atoms with Gasteiger partial charge in [0.15, 0.2) is 0 Å². The normalized spacial score (nSPS) is 12.4. The molecule has 0 heterocycles. The summed E-state index contributed by atoms with van der Waals surface area (Å²) in [5.41, 5.74) is 0. The van der Waals surface area contributed by atoms with Gasteiger partial charge < -0.3 is 5.11 Å². The van der Waals surface area contributed by atoms with E-state index in [0.29, 0.717) is 6.42 Å². The van der Waals surface area contributed by atoms with E-state index in [9.17, 15) is 4.79 Å². The highest BCUT2D eigenvalue weighted by atomic mass is 16.4. The third-order valence-electron chi connectivity index (χ3n) is 3.70. The van der Waals surface area contributed by atoms with Crippen LogP contribution in [0.25, 0.3) is 0 Å².